The lowest BCUT2D eigenvalue weighted by Crippen LogP contribution is -2.39. The number of carbonyl (C=O) groups excluding carboxylic acids is 1. The predicted molar refractivity (Wildman–Crippen MR) is 97.5 cm³/mol. The van der Waals surface area contributed by atoms with Gasteiger partial charge in [-0.15, -0.1) is 0 Å². The number of aryl methyl sites for hydroxylation is 1. The Hall–Kier alpha value is -2.37. The number of fused-ring (bicyclic) bond motifs is 1. The van der Waals surface area contributed by atoms with Crippen molar-refractivity contribution in [2.24, 2.45) is 18.9 Å². The van der Waals surface area contributed by atoms with Crippen molar-refractivity contribution in [3.05, 3.63) is 30.1 Å². The maximum atomic E-state index is 13.2. The van der Waals surface area contributed by atoms with E-state index in [0.29, 0.717) is 12.8 Å². The number of hydrogen-bond acceptors (Lipinski definition) is 3. The van der Waals surface area contributed by atoms with Crippen LogP contribution in [0.5, 0.6) is 0 Å². The molecular weight excluding hydrogens is 330 g/mol. The highest BCUT2D eigenvalue weighted by molar-refractivity contribution is 5.81. The van der Waals surface area contributed by atoms with Crippen LogP contribution in [-0.4, -0.2) is 38.0 Å². The molecule has 1 N–H and O–H groups in total. The molecule has 1 aromatic carbocycles. The average Bonchev–Trinajstić information content (AvgIpc) is 3.26. The van der Waals surface area contributed by atoms with Crippen molar-refractivity contribution in [3.8, 4) is 0 Å². The summed E-state index contributed by atoms with van der Waals surface area (Å²) in [6, 6.07) is 8.01. The first-order chi connectivity index (χ1) is 12.6. The molecule has 26 heavy (non-hydrogen) atoms. The average molecular weight is 355 g/mol. The molecule has 2 fully saturated rings. The Bertz CT molecular complexity index is 844. The van der Waals surface area contributed by atoms with E-state index in [1.807, 2.05) is 36.2 Å². The summed E-state index contributed by atoms with van der Waals surface area (Å²) in [6.45, 7) is 0.737. The normalized spacial score (nSPS) is 26.3. The number of carbonyl (C=O) groups is 2. The highest BCUT2D eigenvalue weighted by Gasteiger charge is 2.39. The summed E-state index contributed by atoms with van der Waals surface area (Å²) in [6.07, 6.45) is 4.66. The smallest absolute Gasteiger partial charge is 0.306 e. The van der Waals surface area contributed by atoms with Gasteiger partial charge in [-0.25, -0.2) is 4.98 Å². The van der Waals surface area contributed by atoms with Gasteiger partial charge in [0.1, 0.15) is 5.82 Å². The van der Waals surface area contributed by atoms with Crippen molar-refractivity contribution in [3.63, 3.8) is 0 Å². The molecule has 3 atom stereocenters. The summed E-state index contributed by atoms with van der Waals surface area (Å²) in [5.74, 6) is -0.265. The van der Waals surface area contributed by atoms with E-state index in [1.165, 1.54) is 0 Å². The number of likely N-dealkylation sites (tertiary alicyclic amines) is 1. The van der Waals surface area contributed by atoms with Crippen molar-refractivity contribution in [2.75, 3.05) is 6.54 Å². The van der Waals surface area contributed by atoms with Gasteiger partial charge in [0.2, 0.25) is 5.91 Å². The van der Waals surface area contributed by atoms with E-state index < -0.39 is 5.97 Å². The number of nitrogens with zero attached hydrogens (tertiary/aromatic N) is 3. The maximum absolute atomic E-state index is 13.2. The summed E-state index contributed by atoms with van der Waals surface area (Å²) >= 11 is 0. The van der Waals surface area contributed by atoms with Gasteiger partial charge in [0, 0.05) is 19.5 Å². The Morgan fingerprint density at radius 1 is 1.12 bits per heavy atom. The van der Waals surface area contributed by atoms with Gasteiger partial charge in [0.25, 0.3) is 0 Å². The Morgan fingerprint density at radius 2 is 1.88 bits per heavy atom. The Morgan fingerprint density at radius 3 is 2.65 bits per heavy atom. The Balaban J connectivity index is 1.58. The molecule has 0 bridgehead atoms. The van der Waals surface area contributed by atoms with Crippen molar-refractivity contribution in [1.29, 1.82) is 0 Å². The Kier molecular flexibility index (Phi) is 4.42. The van der Waals surface area contributed by atoms with E-state index in [9.17, 15) is 14.7 Å². The quantitative estimate of drug-likeness (QED) is 0.918. The van der Waals surface area contributed by atoms with Crippen LogP contribution in [0, 0.1) is 11.8 Å². The maximum Gasteiger partial charge on any atom is 0.306 e. The lowest BCUT2D eigenvalue weighted by Gasteiger charge is -2.32. The number of para-hydroxylation sites is 2. The highest BCUT2D eigenvalue weighted by atomic mass is 16.4. The van der Waals surface area contributed by atoms with E-state index in [0.717, 1.165) is 49.1 Å². The summed E-state index contributed by atoms with van der Waals surface area (Å²) in [5.41, 5.74) is 2.03. The van der Waals surface area contributed by atoms with Gasteiger partial charge in [0.15, 0.2) is 0 Å². The number of amides is 1. The second kappa shape index (κ2) is 6.74. The third kappa shape index (κ3) is 2.87. The van der Waals surface area contributed by atoms with E-state index in [4.69, 9.17) is 4.98 Å². The SMILES string of the molecule is Cn1c(C2CCCN2C(=O)C2CCCC(C(=O)O)C2)nc2ccccc21. The zero-order chi connectivity index (χ0) is 18.3. The molecule has 6 heteroatoms. The lowest BCUT2D eigenvalue weighted by molar-refractivity contribution is -0.145. The molecule has 0 radical (unpaired) electrons. The van der Waals surface area contributed by atoms with Gasteiger partial charge in [-0.05, 0) is 44.2 Å². The zero-order valence-corrected chi connectivity index (χ0v) is 15.1. The first kappa shape index (κ1) is 17.1. The van der Waals surface area contributed by atoms with E-state index in [1.54, 1.807) is 0 Å². The van der Waals surface area contributed by atoms with Crippen LogP contribution < -0.4 is 0 Å². The first-order valence-electron chi connectivity index (χ1n) is 9.51. The molecule has 2 aliphatic rings. The fourth-order valence-electron chi connectivity index (χ4n) is 4.63. The van der Waals surface area contributed by atoms with Crippen LogP contribution in [-0.2, 0) is 16.6 Å². The van der Waals surface area contributed by atoms with Crippen LogP contribution >= 0.6 is 0 Å². The number of aromatic nitrogens is 2. The third-order valence-corrected chi connectivity index (χ3v) is 6.03. The molecule has 1 aromatic heterocycles. The van der Waals surface area contributed by atoms with Gasteiger partial charge >= 0.3 is 5.97 Å². The molecule has 2 heterocycles. The van der Waals surface area contributed by atoms with E-state index >= 15 is 0 Å². The number of carboxylic acids is 1. The van der Waals surface area contributed by atoms with Crippen LogP contribution in [0.2, 0.25) is 0 Å². The van der Waals surface area contributed by atoms with Crippen LogP contribution in [0.25, 0.3) is 11.0 Å². The second-order valence-electron chi connectivity index (χ2n) is 7.61. The number of carboxylic acid groups (broad SMARTS) is 1. The summed E-state index contributed by atoms with van der Waals surface area (Å²) in [4.78, 5) is 31.3. The molecule has 2 aromatic rings. The number of hydrogen-bond donors (Lipinski definition) is 1. The number of rotatable bonds is 3. The van der Waals surface area contributed by atoms with Gasteiger partial charge in [-0.3, -0.25) is 9.59 Å². The minimum absolute atomic E-state index is 0.00916. The van der Waals surface area contributed by atoms with Crippen molar-refractivity contribution < 1.29 is 14.7 Å². The molecule has 1 aliphatic heterocycles. The molecule has 138 valence electrons. The summed E-state index contributed by atoms with van der Waals surface area (Å²) < 4.78 is 2.09. The fourth-order valence-corrected chi connectivity index (χ4v) is 4.63. The topological polar surface area (TPSA) is 75.4 Å². The second-order valence-corrected chi connectivity index (χ2v) is 7.61. The molecular formula is C20H25N3O3. The minimum Gasteiger partial charge on any atom is -0.481 e. The molecule has 1 aliphatic carbocycles. The third-order valence-electron chi connectivity index (χ3n) is 6.03. The number of benzene rings is 1. The van der Waals surface area contributed by atoms with Gasteiger partial charge in [-0.1, -0.05) is 18.6 Å². The molecule has 3 unspecified atom stereocenters. The largest absolute Gasteiger partial charge is 0.481 e. The van der Waals surface area contributed by atoms with Crippen LogP contribution in [0.4, 0.5) is 0 Å². The monoisotopic (exact) mass is 355 g/mol. The van der Waals surface area contributed by atoms with E-state index in [-0.39, 0.29) is 23.8 Å². The molecule has 0 spiro atoms. The Labute approximate surface area is 152 Å². The highest BCUT2D eigenvalue weighted by Crippen LogP contribution is 2.37. The predicted octanol–water partition coefficient (Wildman–Crippen LogP) is 3.13. The molecule has 1 saturated carbocycles. The fraction of sp³-hybridized carbons (Fsp3) is 0.550. The van der Waals surface area contributed by atoms with Gasteiger partial charge in [-0.2, -0.15) is 0 Å². The molecule has 1 saturated heterocycles. The molecule has 1 amide bonds. The zero-order valence-electron chi connectivity index (χ0n) is 15.1. The van der Waals surface area contributed by atoms with Crippen LogP contribution in [0.3, 0.4) is 0 Å². The minimum atomic E-state index is -0.768. The van der Waals surface area contributed by atoms with Crippen molar-refractivity contribution >= 4 is 22.9 Å². The molecule has 4 rings (SSSR count). The van der Waals surface area contributed by atoms with Crippen molar-refractivity contribution in [1.82, 2.24) is 14.5 Å². The molecule has 6 nitrogen and oxygen atoms in total. The lowest BCUT2D eigenvalue weighted by atomic mass is 9.80. The number of imidazole rings is 1. The number of aliphatic carboxylic acids is 1. The van der Waals surface area contributed by atoms with Gasteiger partial charge in [0.05, 0.1) is 23.0 Å². The van der Waals surface area contributed by atoms with Gasteiger partial charge < -0.3 is 14.6 Å². The summed E-state index contributed by atoms with van der Waals surface area (Å²) in [5, 5.41) is 9.31. The van der Waals surface area contributed by atoms with Crippen molar-refractivity contribution in [2.45, 2.75) is 44.6 Å². The van der Waals surface area contributed by atoms with Crippen LogP contribution in [0.15, 0.2) is 24.3 Å². The van der Waals surface area contributed by atoms with Crippen LogP contribution in [0.1, 0.15) is 50.4 Å². The van der Waals surface area contributed by atoms with E-state index in [2.05, 4.69) is 4.57 Å². The summed E-state index contributed by atoms with van der Waals surface area (Å²) in [7, 11) is 2.01. The standard InChI is InChI=1S/C20H25N3O3/c1-22-16-9-3-2-8-15(16)21-18(22)17-10-5-11-23(17)19(24)13-6-4-7-14(12-13)20(25)26/h2-3,8-9,13-14,17H,4-7,10-12H2,1H3,(H,25,26). The first-order valence-corrected chi connectivity index (χ1v) is 9.51.